The van der Waals surface area contributed by atoms with Gasteiger partial charge >= 0.3 is 0 Å². The molecule has 2 nitrogen and oxygen atoms in total. The number of rotatable bonds is 4. The van der Waals surface area contributed by atoms with Crippen LogP contribution in [0.15, 0.2) is 53.0 Å². The Labute approximate surface area is 133 Å². The van der Waals surface area contributed by atoms with E-state index in [9.17, 15) is 4.79 Å². The lowest BCUT2D eigenvalue weighted by atomic mass is 9.68. The van der Waals surface area contributed by atoms with Crippen molar-refractivity contribution in [2.24, 2.45) is 5.92 Å². The first-order chi connectivity index (χ1) is 10.2. The average Bonchev–Trinajstić information content (AvgIpc) is 2.48. The van der Waals surface area contributed by atoms with Gasteiger partial charge in [0.2, 0.25) is 0 Å². The summed E-state index contributed by atoms with van der Waals surface area (Å²) < 4.78 is 6.84. The molecule has 2 unspecified atom stereocenters. The molecular formula is C18H17BrO2. The summed E-state index contributed by atoms with van der Waals surface area (Å²) in [6, 6.07) is 15.9. The molecule has 0 amide bonds. The zero-order valence-electron chi connectivity index (χ0n) is 11.9. The molecule has 0 radical (unpaired) electrons. The van der Waals surface area contributed by atoms with E-state index in [1.165, 1.54) is 5.56 Å². The summed E-state index contributed by atoms with van der Waals surface area (Å²) >= 11 is 3.40. The van der Waals surface area contributed by atoms with Gasteiger partial charge in [-0.05, 0) is 48.4 Å². The molecule has 0 aromatic heterocycles. The van der Waals surface area contributed by atoms with Crippen molar-refractivity contribution in [3.05, 3.63) is 58.6 Å². The minimum Gasteiger partial charge on any atom is -0.457 e. The van der Waals surface area contributed by atoms with Gasteiger partial charge in [-0.3, -0.25) is 4.79 Å². The van der Waals surface area contributed by atoms with E-state index in [1.54, 1.807) is 0 Å². The van der Waals surface area contributed by atoms with Crippen LogP contribution in [0.25, 0.3) is 0 Å². The molecule has 0 saturated heterocycles. The molecule has 1 fully saturated rings. The smallest absolute Gasteiger partial charge is 0.137 e. The Balaban J connectivity index is 1.69. The number of carbonyl (C=O) groups excluding carboxylic acids is 1. The maximum absolute atomic E-state index is 11.6. The van der Waals surface area contributed by atoms with Crippen LogP contribution < -0.4 is 4.74 Å². The van der Waals surface area contributed by atoms with Crippen molar-refractivity contribution in [1.29, 1.82) is 0 Å². The fraction of sp³-hybridized carbons (Fsp3) is 0.278. The van der Waals surface area contributed by atoms with Gasteiger partial charge in [-0.15, -0.1) is 0 Å². The summed E-state index contributed by atoms with van der Waals surface area (Å²) in [4.78, 5) is 11.6. The number of ketones is 1. The number of hydrogen-bond acceptors (Lipinski definition) is 2. The van der Waals surface area contributed by atoms with Gasteiger partial charge in [-0.1, -0.05) is 35.0 Å². The maximum Gasteiger partial charge on any atom is 0.137 e. The molecule has 1 aliphatic rings. The number of ether oxygens (including phenoxy) is 1. The van der Waals surface area contributed by atoms with E-state index in [0.717, 1.165) is 22.4 Å². The van der Waals surface area contributed by atoms with Gasteiger partial charge in [0.15, 0.2) is 0 Å². The van der Waals surface area contributed by atoms with Gasteiger partial charge in [0.1, 0.15) is 17.3 Å². The van der Waals surface area contributed by atoms with Crippen molar-refractivity contribution in [2.45, 2.75) is 25.7 Å². The van der Waals surface area contributed by atoms with Crippen LogP contribution in [0.4, 0.5) is 0 Å². The van der Waals surface area contributed by atoms with Crippen molar-refractivity contribution in [1.82, 2.24) is 0 Å². The van der Waals surface area contributed by atoms with Crippen LogP contribution in [-0.2, 0) is 4.79 Å². The zero-order chi connectivity index (χ0) is 14.8. The van der Waals surface area contributed by atoms with Crippen molar-refractivity contribution in [3.63, 3.8) is 0 Å². The molecule has 0 spiro atoms. The van der Waals surface area contributed by atoms with E-state index in [1.807, 2.05) is 36.4 Å². The van der Waals surface area contributed by atoms with Crippen molar-refractivity contribution in [3.8, 4) is 11.5 Å². The highest BCUT2D eigenvalue weighted by atomic mass is 79.9. The standard InChI is InChI=1S/C18H17BrO2/c1-2-16-17(11-18(16)20)12-3-7-14(8-4-12)21-15-9-5-13(19)6-10-15/h3-10,16-17H,2,11H2,1H3. The van der Waals surface area contributed by atoms with Crippen molar-refractivity contribution in [2.75, 3.05) is 0 Å². The minimum absolute atomic E-state index is 0.211. The van der Waals surface area contributed by atoms with Crippen LogP contribution in [0.2, 0.25) is 0 Å². The van der Waals surface area contributed by atoms with Gasteiger partial charge in [0.25, 0.3) is 0 Å². The molecule has 3 heteroatoms. The molecule has 0 bridgehead atoms. The summed E-state index contributed by atoms with van der Waals surface area (Å²) in [5.74, 6) is 2.64. The Morgan fingerprint density at radius 2 is 1.62 bits per heavy atom. The summed E-state index contributed by atoms with van der Waals surface area (Å²) in [6.45, 7) is 2.08. The lowest BCUT2D eigenvalue weighted by Gasteiger charge is -2.34. The molecule has 0 N–H and O–H groups in total. The fourth-order valence-electron chi connectivity index (χ4n) is 2.86. The fourth-order valence-corrected chi connectivity index (χ4v) is 3.12. The molecule has 0 heterocycles. The average molecular weight is 345 g/mol. The molecule has 3 rings (SSSR count). The monoisotopic (exact) mass is 344 g/mol. The van der Waals surface area contributed by atoms with E-state index in [4.69, 9.17) is 4.74 Å². The summed E-state index contributed by atoms with van der Waals surface area (Å²) in [7, 11) is 0. The second kappa shape index (κ2) is 6.02. The van der Waals surface area contributed by atoms with Crippen LogP contribution in [0.1, 0.15) is 31.2 Å². The van der Waals surface area contributed by atoms with Gasteiger partial charge in [-0.2, -0.15) is 0 Å². The third kappa shape index (κ3) is 3.03. The molecule has 108 valence electrons. The molecule has 2 aromatic rings. The summed E-state index contributed by atoms with van der Waals surface area (Å²) in [5, 5.41) is 0. The number of hydrogen-bond donors (Lipinski definition) is 0. The first kappa shape index (κ1) is 14.3. The largest absolute Gasteiger partial charge is 0.457 e. The topological polar surface area (TPSA) is 26.3 Å². The predicted octanol–water partition coefficient (Wildman–Crippen LogP) is 5.32. The van der Waals surface area contributed by atoms with Gasteiger partial charge in [-0.25, -0.2) is 0 Å². The summed E-state index contributed by atoms with van der Waals surface area (Å²) in [6.07, 6.45) is 1.62. The van der Waals surface area contributed by atoms with Crippen LogP contribution >= 0.6 is 15.9 Å². The zero-order valence-corrected chi connectivity index (χ0v) is 13.5. The van der Waals surface area contributed by atoms with Gasteiger partial charge in [0.05, 0.1) is 0 Å². The molecule has 2 aromatic carbocycles. The van der Waals surface area contributed by atoms with E-state index >= 15 is 0 Å². The summed E-state index contributed by atoms with van der Waals surface area (Å²) in [5.41, 5.74) is 1.24. The first-order valence-corrected chi connectivity index (χ1v) is 8.02. The number of Topliss-reactive ketones (excluding diaryl/α,β-unsaturated/α-hetero) is 1. The van der Waals surface area contributed by atoms with E-state index in [0.29, 0.717) is 18.1 Å². The normalized spacial score (nSPS) is 21.0. The Morgan fingerprint density at radius 1 is 1.05 bits per heavy atom. The number of carbonyl (C=O) groups is 1. The highest BCUT2D eigenvalue weighted by Gasteiger charge is 2.38. The molecule has 0 aliphatic heterocycles. The third-order valence-electron chi connectivity index (χ3n) is 4.12. The second-order valence-corrected chi connectivity index (χ2v) is 6.33. The quantitative estimate of drug-likeness (QED) is 0.749. The lowest BCUT2D eigenvalue weighted by molar-refractivity contribution is -0.131. The predicted molar refractivity (Wildman–Crippen MR) is 86.8 cm³/mol. The molecule has 2 atom stereocenters. The van der Waals surface area contributed by atoms with E-state index in [-0.39, 0.29) is 5.92 Å². The van der Waals surface area contributed by atoms with Crippen LogP contribution in [0.5, 0.6) is 11.5 Å². The first-order valence-electron chi connectivity index (χ1n) is 7.23. The van der Waals surface area contributed by atoms with Gasteiger partial charge < -0.3 is 4.74 Å². The Bertz CT molecular complexity index is 631. The molecule has 1 aliphatic carbocycles. The SMILES string of the molecule is CCC1C(=O)CC1c1ccc(Oc2ccc(Br)cc2)cc1. The highest BCUT2D eigenvalue weighted by molar-refractivity contribution is 9.10. The number of benzene rings is 2. The molecule has 1 saturated carbocycles. The van der Waals surface area contributed by atoms with Gasteiger partial charge in [0, 0.05) is 22.7 Å². The third-order valence-corrected chi connectivity index (χ3v) is 4.65. The Hall–Kier alpha value is -1.61. The van der Waals surface area contributed by atoms with Crippen LogP contribution in [0, 0.1) is 5.92 Å². The van der Waals surface area contributed by atoms with Crippen molar-refractivity contribution < 1.29 is 9.53 Å². The van der Waals surface area contributed by atoms with E-state index in [2.05, 4.69) is 35.0 Å². The second-order valence-electron chi connectivity index (χ2n) is 5.42. The highest BCUT2D eigenvalue weighted by Crippen LogP contribution is 2.41. The number of halogens is 1. The molecule has 21 heavy (non-hydrogen) atoms. The lowest BCUT2D eigenvalue weighted by Crippen LogP contribution is -2.34. The van der Waals surface area contributed by atoms with Crippen LogP contribution in [-0.4, -0.2) is 5.78 Å². The van der Waals surface area contributed by atoms with Crippen molar-refractivity contribution >= 4 is 21.7 Å². The maximum atomic E-state index is 11.6. The molecular weight excluding hydrogens is 328 g/mol. The Kier molecular flexibility index (Phi) is 4.11. The van der Waals surface area contributed by atoms with E-state index < -0.39 is 0 Å². The Morgan fingerprint density at radius 3 is 2.14 bits per heavy atom. The van der Waals surface area contributed by atoms with Crippen LogP contribution in [0.3, 0.4) is 0 Å². The minimum atomic E-state index is 0.211.